The smallest absolute Gasteiger partial charge is 0.293 e. The molecule has 2 rings (SSSR count). The first kappa shape index (κ1) is 13.4. The van der Waals surface area contributed by atoms with E-state index in [9.17, 15) is 4.79 Å². The zero-order valence-electron chi connectivity index (χ0n) is 10.6. The third kappa shape index (κ3) is 3.73. The average molecular weight is 270 g/mol. The Morgan fingerprint density at radius 1 is 1.33 bits per heavy atom. The second-order valence-corrected chi connectivity index (χ2v) is 5.13. The van der Waals surface area contributed by atoms with Gasteiger partial charge in [-0.1, -0.05) is 12.8 Å². The van der Waals surface area contributed by atoms with Crippen LogP contribution >= 0.6 is 11.6 Å². The molecule has 1 saturated carbocycles. The summed E-state index contributed by atoms with van der Waals surface area (Å²) in [6.45, 7) is 0.805. The molecule has 1 aromatic heterocycles. The molecule has 1 heterocycles. The maximum Gasteiger partial charge on any atom is 0.293 e. The van der Waals surface area contributed by atoms with E-state index in [1.165, 1.54) is 0 Å². The Balaban J connectivity index is 1.79. The topological polar surface area (TPSA) is 46.9 Å². The fourth-order valence-corrected chi connectivity index (χ4v) is 2.16. The Morgan fingerprint density at radius 3 is 2.83 bits per heavy atom. The Bertz CT molecular complexity index is 428. The summed E-state index contributed by atoms with van der Waals surface area (Å²) in [6.07, 6.45) is 10.1. The number of nitrogens with one attached hydrogen (secondary N) is 1. The summed E-state index contributed by atoms with van der Waals surface area (Å²) in [5.74, 6) is 1.22. The molecule has 1 aliphatic carbocycles. The van der Waals surface area contributed by atoms with Gasteiger partial charge >= 0.3 is 0 Å². The summed E-state index contributed by atoms with van der Waals surface area (Å²) in [5.41, 5.74) is 0.0146. The molecule has 0 aromatic carbocycles. The lowest BCUT2D eigenvalue weighted by Gasteiger charge is -2.07. The van der Waals surface area contributed by atoms with E-state index < -0.39 is 0 Å². The van der Waals surface area contributed by atoms with E-state index in [1.54, 1.807) is 17.0 Å². The van der Waals surface area contributed by atoms with Crippen molar-refractivity contribution in [2.75, 3.05) is 17.7 Å². The maximum absolute atomic E-state index is 12.0. The summed E-state index contributed by atoms with van der Waals surface area (Å²) < 4.78 is 1.79. The van der Waals surface area contributed by atoms with Crippen LogP contribution in [0.15, 0.2) is 17.2 Å². The highest BCUT2D eigenvalue weighted by molar-refractivity contribution is 6.17. The lowest BCUT2D eigenvalue weighted by Crippen LogP contribution is -2.24. The molecular weight excluding hydrogens is 250 g/mol. The second kappa shape index (κ2) is 6.78. The Labute approximate surface area is 112 Å². The van der Waals surface area contributed by atoms with E-state index in [0.717, 1.165) is 50.9 Å². The van der Waals surface area contributed by atoms with Gasteiger partial charge in [-0.15, -0.1) is 11.6 Å². The summed E-state index contributed by atoms with van der Waals surface area (Å²) in [5, 5.41) is 3.14. The molecule has 0 radical (unpaired) electrons. The van der Waals surface area contributed by atoms with E-state index in [-0.39, 0.29) is 5.56 Å². The van der Waals surface area contributed by atoms with Gasteiger partial charge in [-0.05, 0) is 25.7 Å². The number of anilines is 1. The van der Waals surface area contributed by atoms with Gasteiger partial charge in [0, 0.05) is 30.9 Å². The largest absolute Gasteiger partial charge is 0.365 e. The number of nitrogens with zero attached hydrogens (tertiary/aromatic N) is 2. The van der Waals surface area contributed by atoms with E-state index in [2.05, 4.69) is 10.3 Å². The molecule has 0 unspecified atom stereocenters. The van der Waals surface area contributed by atoms with Crippen molar-refractivity contribution < 1.29 is 0 Å². The molecule has 0 atom stereocenters. The molecule has 4 nitrogen and oxygen atoms in total. The van der Waals surface area contributed by atoms with Gasteiger partial charge in [-0.2, -0.15) is 0 Å². The van der Waals surface area contributed by atoms with Crippen molar-refractivity contribution >= 4 is 17.4 Å². The highest BCUT2D eigenvalue weighted by atomic mass is 35.5. The van der Waals surface area contributed by atoms with Gasteiger partial charge in [-0.3, -0.25) is 4.79 Å². The highest BCUT2D eigenvalue weighted by Crippen LogP contribution is 2.33. The van der Waals surface area contributed by atoms with E-state index >= 15 is 0 Å². The van der Waals surface area contributed by atoms with Crippen LogP contribution in [-0.2, 0) is 0 Å². The fraction of sp³-hybridized carbons (Fsp3) is 0.692. The Morgan fingerprint density at radius 2 is 2.11 bits per heavy atom. The zero-order chi connectivity index (χ0) is 12.8. The molecule has 0 saturated heterocycles. The minimum Gasteiger partial charge on any atom is -0.365 e. The fourth-order valence-electron chi connectivity index (χ4n) is 1.97. The van der Waals surface area contributed by atoms with E-state index in [0.29, 0.717) is 11.9 Å². The summed E-state index contributed by atoms with van der Waals surface area (Å²) in [7, 11) is 0. The van der Waals surface area contributed by atoms with Gasteiger partial charge in [0.2, 0.25) is 0 Å². The van der Waals surface area contributed by atoms with E-state index in [1.807, 2.05) is 0 Å². The standard InChI is InChI=1S/C13H20ClN3O/c14-7-3-1-2-4-8-15-12-13(18)17(10-9-16-12)11-5-6-11/h9-11H,1-8H2,(H,15,16). The van der Waals surface area contributed by atoms with Crippen molar-refractivity contribution in [2.24, 2.45) is 0 Å². The number of halogens is 1. The number of alkyl halides is 1. The molecule has 5 heteroatoms. The van der Waals surface area contributed by atoms with Crippen LogP contribution in [0, 0.1) is 0 Å². The summed E-state index contributed by atoms with van der Waals surface area (Å²) in [4.78, 5) is 16.2. The molecule has 1 fully saturated rings. The third-order valence-corrected chi connectivity index (χ3v) is 3.43. The van der Waals surface area contributed by atoms with Gasteiger partial charge < -0.3 is 9.88 Å². The maximum atomic E-state index is 12.0. The van der Waals surface area contributed by atoms with Crippen LogP contribution in [0.25, 0.3) is 0 Å². The van der Waals surface area contributed by atoms with Gasteiger partial charge in [0.25, 0.3) is 5.56 Å². The number of unbranched alkanes of at least 4 members (excludes halogenated alkanes) is 3. The van der Waals surface area contributed by atoms with Gasteiger partial charge in [0.1, 0.15) is 0 Å². The molecule has 18 heavy (non-hydrogen) atoms. The van der Waals surface area contributed by atoms with Crippen LogP contribution in [0.1, 0.15) is 44.6 Å². The Hall–Kier alpha value is -1.03. The molecule has 1 aliphatic rings. The molecule has 0 bridgehead atoms. The predicted octanol–water partition coefficient (Wildman–Crippen LogP) is 2.79. The second-order valence-electron chi connectivity index (χ2n) is 4.75. The van der Waals surface area contributed by atoms with Crippen molar-refractivity contribution in [3.05, 3.63) is 22.7 Å². The summed E-state index contributed by atoms with van der Waals surface area (Å²) >= 11 is 5.61. The molecule has 0 aliphatic heterocycles. The number of aromatic nitrogens is 2. The lowest BCUT2D eigenvalue weighted by molar-refractivity contribution is 0.679. The number of hydrogen-bond donors (Lipinski definition) is 1. The van der Waals surface area contributed by atoms with Gasteiger partial charge in [-0.25, -0.2) is 4.98 Å². The SMILES string of the molecule is O=c1c(NCCCCCCCl)nccn1C1CC1. The monoisotopic (exact) mass is 269 g/mol. The molecular formula is C13H20ClN3O. The minimum atomic E-state index is 0.0146. The first-order chi connectivity index (χ1) is 8.83. The molecule has 1 N–H and O–H groups in total. The van der Waals surface area contributed by atoms with E-state index in [4.69, 9.17) is 11.6 Å². The van der Waals surface area contributed by atoms with Crippen LogP contribution < -0.4 is 10.9 Å². The first-order valence-electron chi connectivity index (χ1n) is 6.70. The Kier molecular flexibility index (Phi) is 5.05. The van der Waals surface area contributed by atoms with Crippen LogP contribution in [-0.4, -0.2) is 22.0 Å². The van der Waals surface area contributed by atoms with Gasteiger partial charge in [0.15, 0.2) is 5.82 Å². The quantitative estimate of drug-likeness (QED) is 0.583. The minimum absolute atomic E-state index is 0.0146. The lowest BCUT2D eigenvalue weighted by atomic mass is 10.2. The van der Waals surface area contributed by atoms with Crippen LogP contribution in [0.3, 0.4) is 0 Å². The highest BCUT2D eigenvalue weighted by Gasteiger charge is 2.25. The third-order valence-electron chi connectivity index (χ3n) is 3.16. The molecule has 0 spiro atoms. The van der Waals surface area contributed by atoms with Crippen LogP contribution in [0.4, 0.5) is 5.82 Å². The normalized spacial score (nSPS) is 14.7. The van der Waals surface area contributed by atoms with Crippen molar-refractivity contribution in [2.45, 2.75) is 44.6 Å². The molecule has 0 amide bonds. The molecule has 1 aromatic rings. The average Bonchev–Trinajstić information content (AvgIpc) is 3.20. The van der Waals surface area contributed by atoms with Crippen molar-refractivity contribution in [3.63, 3.8) is 0 Å². The number of rotatable bonds is 8. The van der Waals surface area contributed by atoms with Crippen molar-refractivity contribution in [1.29, 1.82) is 0 Å². The van der Waals surface area contributed by atoms with Crippen molar-refractivity contribution in [3.8, 4) is 0 Å². The first-order valence-corrected chi connectivity index (χ1v) is 7.23. The zero-order valence-corrected chi connectivity index (χ0v) is 11.3. The predicted molar refractivity (Wildman–Crippen MR) is 74.4 cm³/mol. The van der Waals surface area contributed by atoms with Crippen LogP contribution in [0.5, 0.6) is 0 Å². The van der Waals surface area contributed by atoms with Crippen molar-refractivity contribution in [1.82, 2.24) is 9.55 Å². The number of hydrogen-bond acceptors (Lipinski definition) is 3. The van der Waals surface area contributed by atoms with Gasteiger partial charge in [0.05, 0.1) is 0 Å². The van der Waals surface area contributed by atoms with Crippen LogP contribution in [0.2, 0.25) is 0 Å². The summed E-state index contributed by atoms with van der Waals surface area (Å²) in [6, 6.07) is 0.407. The molecule has 100 valence electrons.